The lowest BCUT2D eigenvalue weighted by Gasteiger charge is -2.31. The predicted molar refractivity (Wildman–Crippen MR) is 84.4 cm³/mol. The fraction of sp³-hybridized carbons (Fsp3) is 0.0667. The molecule has 0 saturated heterocycles. The largest absolute Gasteiger partial charge is 0.414 e. The Kier molecular flexibility index (Phi) is 3.12. The van der Waals surface area contributed by atoms with Gasteiger partial charge in [-0.05, 0) is 24.3 Å². The minimum atomic E-state index is 0.290. The van der Waals surface area contributed by atoms with Gasteiger partial charge in [-0.25, -0.2) is 0 Å². The van der Waals surface area contributed by atoms with E-state index in [0.717, 1.165) is 11.4 Å². The lowest BCUT2D eigenvalue weighted by atomic mass is 10.2. The first-order valence-corrected chi connectivity index (χ1v) is 7.72. The molecule has 104 valence electrons. The van der Waals surface area contributed by atoms with Gasteiger partial charge in [0.15, 0.2) is 0 Å². The average Bonchev–Trinajstić information content (AvgIpc) is 2.92. The van der Waals surface area contributed by atoms with Crippen LogP contribution in [0.5, 0.6) is 0 Å². The molecule has 3 aromatic rings. The quantitative estimate of drug-likeness (QED) is 0.720. The van der Waals surface area contributed by atoms with Crippen molar-refractivity contribution in [1.82, 2.24) is 10.2 Å². The Hall–Kier alpha value is -1.92. The maximum Gasteiger partial charge on any atom is 0.273 e. The van der Waals surface area contributed by atoms with E-state index in [4.69, 9.17) is 4.42 Å². The van der Waals surface area contributed by atoms with E-state index in [2.05, 4.69) is 64.1 Å². The van der Waals surface area contributed by atoms with Crippen molar-refractivity contribution in [3.8, 4) is 0 Å². The molecule has 0 fully saturated rings. The maximum absolute atomic E-state index is 5.41. The van der Waals surface area contributed by atoms with Crippen molar-refractivity contribution in [3.05, 3.63) is 54.4 Å². The zero-order valence-electron chi connectivity index (χ0n) is 10.9. The van der Waals surface area contributed by atoms with Crippen molar-refractivity contribution in [3.63, 3.8) is 0 Å². The first-order valence-electron chi connectivity index (χ1n) is 6.46. The molecule has 0 amide bonds. The van der Waals surface area contributed by atoms with Gasteiger partial charge in [-0.1, -0.05) is 48.7 Å². The molecule has 0 atom stereocenters. The molecule has 0 unspecified atom stereocenters. The highest BCUT2D eigenvalue weighted by Gasteiger charge is 2.24. The second-order valence-corrected chi connectivity index (χ2v) is 6.07. The summed E-state index contributed by atoms with van der Waals surface area (Å²) < 4.78 is 5.41. The van der Waals surface area contributed by atoms with Gasteiger partial charge < -0.3 is 9.32 Å². The number of fused-ring (bicyclic) bond motifs is 2. The van der Waals surface area contributed by atoms with Crippen LogP contribution >= 0.6 is 24.4 Å². The smallest absolute Gasteiger partial charge is 0.273 e. The van der Waals surface area contributed by atoms with Crippen molar-refractivity contribution in [2.75, 3.05) is 4.90 Å². The van der Waals surface area contributed by atoms with E-state index in [0.29, 0.717) is 12.4 Å². The summed E-state index contributed by atoms with van der Waals surface area (Å²) in [6.07, 6.45) is 0. The summed E-state index contributed by atoms with van der Waals surface area (Å²) in [5.74, 6) is 0.552. The van der Waals surface area contributed by atoms with Gasteiger partial charge in [-0.3, -0.25) is 0 Å². The highest BCUT2D eigenvalue weighted by atomic mass is 32.2. The van der Waals surface area contributed by atoms with E-state index in [1.165, 1.54) is 9.79 Å². The number of hydrogen-bond acceptors (Lipinski definition) is 6. The Morgan fingerprint density at radius 2 is 1.57 bits per heavy atom. The molecule has 6 heteroatoms. The lowest BCUT2D eigenvalue weighted by molar-refractivity contribution is 0.415. The average molecular weight is 313 g/mol. The van der Waals surface area contributed by atoms with E-state index in [1.807, 2.05) is 12.1 Å². The fourth-order valence-corrected chi connectivity index (χ4v) is 3.64. The summed E-state index contributed by atoms with van der Waals surface area (Å²) in [6.45, 7) is 0.530. The Morgan fingerprint density at radius 1 is 0.952 bits per heavy atom. The van der Waals surface area contributed by atoms with Gasteiger partial charge in [-0.2, -0.15) is 0 Å². The molecular weight excluding hydrogens is 302 g/mol. The molecule has 0 bridgehead atoms. The Bertz CT molecular complexity index is 757. The van der Waals surface area contributed by atoms with Gasteiger partial charge in [0, 0.05) is 9.79 Å². The van der Waals surface area contributed by atoms with Crippen LogP contribution < -0.4 is 4.90 Å². The van der Waals surface area contributed by atoms with Crippen molar-refractivity contribution in [2.45, 2.75) is 21.6 Å². The van der Waals surface area contributed by atoms with Crippen LogP contribution in [0.15, 0.2) is 68.0 Å². The van der Waals surface area contributed by atoms with Gasteiger partial charge >= 0.3 is 0 Å². The number of hydrogen-bond donors (Lipinski definition) is 1. The number of thiol groups is 1. The van der Waals surface area contributed by atoms with Gasteiger partial charge in [0.25, 0.3) is 5.22 Å². The van der Waals surface area contributed by atoms with E-state index in [-0.39, 0.29) is 5.22 Å². The summed E-state index contributed by atoms with van der Waals surface area (Å²) >= 11 is 5.85. The molecule has 0 saturated carbocycles. The molecule has 0 N–H and O–H groups in total. The molecular formula is C15H11N3OS2. The molecule has 21 heavy (non-hydrogen) atoms. The van der Waals surface area contributed by atoms with Gasteiger partial charge in [0.2, 0.25) is 5.89 Å². The third-order valence-corrected chi connectivity index (χ3v) is 4.59. The second-order valence-electron chi connectivity index (χ2n) is 4.60. The number of nitrogens with zero attached hydrogens (tertiary/aromatic N) is 3. The van der Waals surface area contributed by atoms with Crippen molar-refractivity contribution >= 4 is 35.8 Å². The molecule has 1 aromatic heterocycles. The first-order chi connectivity index (χ1) is 10.3. The first kappa shape index (κ1) is 12.8. The van der Waals surface area contributed by atoms with Gasteiger partial charge in [-0.15, -0.1) is 10.2 Å². The van der Waals surface area contributed by atoms with E-state index >= 15 is 0 Å². The number of para-hydroxylation sites is 2. The monoisotopic (exact) mass is 313 g/mol. The molecule has 2 heterocycles. The van der Waals surface area contributed by atoms with Crippen LogP contribution in [0.4, 0.5) is 11.4 Å². The van der Waals surface area contributed by atoms with Crippen LogP contribution in [-0.4, -0.2) is 10.2 Å². The van der Waals surface area contributed by atoms with Crippen LogP contribution in [-0.2, 0) is 6.54 Å². The molecule has 0 aliphatic carbocycles. The van der Waals surface area contributed by atoms with Crippen LogP contribution in [0.3, 0.4) is 0 Å². The normalized spacial score (nSPS) is 12.9. The molecule has 4 rings (SSSR count). The van der Waals surface area contributed by atoms with Crippen LogP contribution in [0.1, 0.15) is 5.89 Å². The summed E-state index contributed by atoms with van der Waals surface area (Å²) in [4.78, 5) is 4.64. The van der Waals surface area contributed by atoms with E-state index < -0.39 is 0 Å². The maximum atomic E-state index is 5.41. The fourth-order valence-electron chi connectivity index (χ4n) is 2.40. The van der Waals surface area contributed by atoms with Gasteiger partial charge in [0.05, 0.1) is 11.4 Å². The van der Waals surface area contributed by atoms with Crippen molar-refractivity contribution < 1.29 is 4.42 Å². The van der Waals surface area contributed by atoms with Crippen LogP contribution in [0.25, 0.3) is 0 Å². The molecule has 0 radical (unpaired) electrons. The third kappa shape index (κ3) is 2.30. The summed E-state index contributed by atoms with van der Waals surface area (Å²) in [5.41, 5.74) is 2.31. The van der Waals surface area contributed by atoms with Gasteiger partial charge in [0.1, 0.15) is 6.54 Å². The predicted octanol–water partition coefficient (Wildman–Crippen LogP) is 4.16. The number of rotatable bonds is 2. The highest BCUT2D eigenvalue weighted by Crippen LogP contribution is 2.48. The zero-order chi connectivity index (χ0) is 14.2. The number of benzene rings is 2. The van der Waals surface area contributed by atoms with Crippen LogP contribution in [0.2, 0.25) is 0 Å². The molecule has 0 spiro atoms. The van der Waals surface area contributed by atoms with Crippen LogP contribution in [0, 0.1) is 0 Å². The second kappa shape index (κ2) is 5.13. The summed E-state index contributed by atoms with van der Waals surface area (Å²) in [7, 11) is 0. The zero-order valence-corrected chi connectivity index (χ0v) is 12.6. The lowest BCUT2D eigenvalue weighted by Crippen LogP contribution is -2.20. The molecule has 1 aliphatic heterocycles. The third-order valence-electron chi connectivity index (χ3n) is 3.28. The number of anilines is 2. The highest BCUT2D eigenvalue weighted by molar-refractivity contribution is 7.99. The summed E-state index contributed by atoms with van der Waals surface area (Å²) in [5, 5.41) is 8.11. The van der Waals surface area contributed by atoms with E-state index in [1.54, 1.807) is 11.8 Å². The standard InChI is InChI=1S/C15H11N3OS2/c20-15-17-16-14(19-15)9-18-10-5-1-3-7-12(10)21-13-8-4-2-6-11(13)18/h1-8H,9H2,(H,17,20). The summed E-state index contributed by atoms with van der Waals surface area (Å²) in [6, 6.07) is 16.7. The number of aromatic nitrogens is 2. The Morgan fingerprint density at radius 3 is 2.14 bits per heavy atom. The Labute approximate surface area is 131 Å². The molecule has 2 aromatic carbocycles. The van der Waals surface area contributed by atoms with Crippen molar-refractivity contribution in [2.24, 2.45) is 0 Å². The van der Waals surface area contributed by atoms with E-state index in [9.17, 15) is 0 Å². The van der Waals surface area contributed by atoms with Crippen molar-refractivity contribution in [1.29, 1.82) is 0 Å². The minimum Gasteiger partial charge on any atom is -0.414 e. The molecule has 1 aliphatic rings. The topological polar surface area (TPSA) is 42.2 Å². The minimum absolute atomic E-state index is 0.290. The SMILES string of the molecule is Sc1nnc(CN2c3ccccc3Sc3ccccc32)o1. The molecule has 4 nitrogen and oxygen atoms in total. The Balaban J connectivity index is 1.81.